The van der Waals surface area contributed by atoms with Crippen molar-refractivity contribution in [2.45, 2.75) is 59.9 Å². The van der Waals surface area contributed by atoms with Crippen LogP contribution in [0.15, 0.2) is 60.7 Å². The number of carbonyl (C=O) groups excluding carboxylic acids is 1. The van der Waals surface area contributed by atoms with Crippen molar-refractivity contribution in [3.05, 3.63) is 76.8 Å². The van der Waals surface area contributed by atoms with Crippen molar-refractivity contribution in [3.63, 3.8) is 0 Å². The zero-order chi connectivity index (χ0) is 33.7. The van der Waals surface area contributed by atoms with E-state index in [1.165, 1.54) is 30.2 Å². The van der Waals surface area contributed by atoms with E-state index in [-0.39, 0.29) is 19.6 Å². The molecule has 45 heavy (non-hydrogen) atoms. The molecule has 0 fully saturated rings. The van der Waals surface area contributed by atoms with Gasteiger partial charge < -0.3 is 29.5 Å². The molecule has 1 amide bonds. The molecule has 4 rings (SSSR count). The molecule has 1 aliphatic heterocycles. The van der Waals surface area contributed by atoms with E-state index in [0.29, 0.717) is 39.9 Å². The number of methoxy groups -OCH3 is 1. The van der Waals surface area contributed by atoms with Crippen LogP contribution in [0.2, 0.25) is 5.02 Å². The van der Waals surface area contributed by atoms with Gasteiger partial charge in [0.15, 0.2) is 0 Å². The van der Waals surface area contributed by atoms with Crippen LogP contribution < -0.4 is 24.4 Å². The molecule has 8 nitrogen and oxygen atoms in total. The topological polar surface area (TPSA) is 97.3 Å². The summed E-state index contributed by atoms with van der Waals surface area (Å²) in [5.74, 6) is -1.51. The Morgan fingerprint density at radius 2 is 1.62 bits per heavy atom. The number of alkyl halides is 3. The molecular weight excluding hydrogens is 613 g/mol. The molecule has 0 spiro atoms. The highest BCUT2D eigenvalue weighted by Crippen LogP contribution is 2.37. The molecule has 0 bridgehead atoms. The van der Waals surface area contributed by atoms with Crippen molar-refractivity contribution in [2.24, 2.45) is 5.92 Å². The van der Waals surface area contributed by atoms with Crippen molar-refractivity contribution in [2.75, 3.05) is 30.5 Å². The number of carboxylic acid groups (broad SMARTS) is 1. The molecule has 0 saturated heterocycles. The number of nitrogens with one attached hydrogen (secondary N) is 1. The van der Waals surface area contributed by atoms with Crippen LogP contribution in [-0.2, 0) is 16.0 Å². The fourth-order valence-electron chi connectivity index (χ4n) is 4.38. The number of ether oxygens (including phenoxy) is 3. The van der Waals surface area contributed by atoms with Gasteiger partial charge in [0.25, 0.3) is 5.91 Å². The predicted octanol–water partition coefficient (Wildman–Crippen LogP) is 8.53. The average molecular weight is 653 g/mol. The van der Waals surface area contributed by atoms with Crippen LogP contribution in [0.1, 0.15) is 58.2 Å². The molecule has 3 aromatic carbocycles. The number of rotatable bonds is 11. The van der Waals surface area contributed by atoms with Crippen LogP contribution in [0.5, 0.6) is 17.2 Å². The third-order valence-corrected chi connectivity index (χ3v) is 6.82. The van der Waals surface area contributed by atoms with Crippen LogP contribution in [0.3, 0.4) is 0 Å². The number of anilines is 2. The minimum Gasteiger partial charge on any atom is -0.497 e. The Morgan fingerprint density at radius 1 is 0.978 bits per heavy atom. The zero-order valence-corrected chi connectivity index (χ0v) is 27.0. The van der Waals surface area contributed by atoms with Gasteiger partial charge in [-0.3, -0.25) is 9.59 Å². The summed E-state index contributed by atoms with van der Waals surface area (Å²) in [4.78, 5) is 26.5. The highest BCUT2D eigenvalue weighted by atomic mass is 35.5. The third-order valence-electron chi connectivity index (χ3n) is 6.57. The number of aliphatic carboxylic acids is 1. The van der Waals surface area contributed by atoms with E-state index in [2.05, 4.69) is 10.1 Å². The van der Waals surface area contributed by atoms with Crippen molar-refractivity contribution in [1.29, 1.82) is 0 Å². The second-order valence-corrected chi connectivity index (χ2v) is 9.92. The van der Waals surface area contributed by atoms with Gasteiger partial charge in [0.2, 0.25) is 0 Å². The normalized spacial score (nSPS) is 13.2. The van der Waals surface area contributed by atoms with Crippen LogP contribution in [-0.4, -0.2) is 43.6 Å². The maximum Gasteiger partial charge on any atom is 0.573 e. The first-order valence-electron chi connectivity index (χ1n) is 14.7. The Kier molecular flexibility index (Phi) is 14.3. The summed E-state index contributed by atoms with van der Waals surface area (Å²) in [5, 5.41) is 12.8. The maximum absolute atomic E-state index is 14.0. The van der Waals surface area contributed by atoms with Crippen LogP contribution in [0, 0.1) is 5.92 Å². The molecule has 0 aromatic heterocycles. The lowest BCUT2D eigenvalue weighted by Gasteiger charge is -2.27. The molecule has 2 N–H and O–H groups in total. The van der Waals surface area contributed by atoms with Gasteiger partial charge in [0.1, 0.15) is 23.3 Å². The summed E-state index contributed by atoms with van der Waals surface area (Å²) in [6.07, 6.45) is -4.12. The highest BCUT2D eigenvalue weighted by Gasteiger charge is 2.34. The molecule has 1 aliphatic rings. The average Bonchev–Trinajstić information content (AvgIpc) is 3.44. The quantitative estimate of drug-likeness (QED) is 0.214. The third kappa shape index (κ3) is 10.8. The molecule has 2 atom stereocenters. The molecule has 3 aromatic rings. The van der Waals surface area contributed by atoms with Gasteiger partial charge in [-0.2, -0.15) is 0 Å². The summed E-state index contributed by atoms with van der Waals surface area (Å²) in [7, 11) is 1.47. The van der Waals surface area contributed by atoms with E-state index >= 15 is 0 Å². The van der Waals surface area contributed by atoms with Crippen molar-refractivity contribution in [1.82, 2.24) is 0 Å². The van der Waals surface area contributed by atoms with E-state index in [0.717, 1.165) is 5.56 Å². The number of carbonyl (C=O) groups is 2. The Morgan fingerprint density at radius 3 is 2.22 bits per heavy atom. The maximum atomic E-state index is 14.0. The molecule has 246 valence electrons. The number of benzene rings is 3. The van der Waals surface area contributed by atoms with Crippen molar-refractivity contribution >= 4 is 34.9 Å². The minimum atomic E-state index is -4.87. The monoisotopic (exact) mass is 652 g/mol. The lowest BCUT2D eigenvalue weighted by molar-refractivity contribution is -0.274. The molecule has 1 heterocycles. The van der Waals surface area contributed by atoms with Gasteiger partial charge >= 0.3 is 12.3 Å². The number of amides is 1. The fraction of sp³-hybridized carbons (Fsp3) is 0.394. The summed E-state index contributed by atoms with van der Waals surface area (Å²) < 4.78 is 53.8. The van der Waals surface area contributed by atoms with Gasteiger partial charge in [-0.1, -0.05) is 64.4 Å². The van der Waals surface area contributed by atoms with Gasteiger partial charge in [-0.15, -0.1) is 13.2 Å². The Hall–Kier alpha value is -4.12. The van der Waals surface area contributed by atoms with Crippen molar-refractivity contribution in [3.8, 4) is 17.2 Å². The first kappa shape index (κ1) is 37.1. The van der Waals surface area contributed by atoms with Crippen LogP contribution in [0.25, 0.3) is 0 Å². The largest absolute Gasteiger partial charge is 0.573 e. The Labute approximate surface area is 267 Å². The number of hydrogen-bond donors (Lipinski definition) is 2. The number of carboxylic acids is 1. The molecule has 2 unspecified atom stereocenters. The standard InChI is InChI=1S/C29H28ClF3N2O6.2C2H6/c1-17(28(37)38)10-12-40-24-14-21(13-23(15-24)39-2)34-26(19-3-6-20(30)7-4-19)27(36)35-11-9-18-5-8-22(16-25(18)35)41-29(31,32)33;2*1-2/h3-8,13-17,26,34H,9-12H2,1-2H3,(H,37,38);2*1-2H3. The van der Waals surface area contributed by atoms with E-state index in [1.54, 1.807) is 49.4 Å². The van der Waals surface area contributed by atoms with Crippen LogP contribution in [0.4, 0.5) is 24.5 Å². The van der Waals surface area contributed by atoms with E-state index < -0.39 is 35.9 Å². The summed E-state index contributed by atoms with van der Waals surface area (Å²) in [5.41, 5.74) is 2.08. The zero-order valence-electron chi connectivity index (χ0n) is 26.2. The van der Waals surface area contributed by atoms with E-state index in [1.807, 2.05) is 27.7 Å². The summed E-state index contributed by atoms with van der Waals surface area (Å²) >= 11 is 6.08. The Bertz CT molecular complexity index is 1400. The first-order chi connectivity index (χ1) is 21.4. The summed E-state index contributed by atoms with van der Waals surface area (Å²) in [6.45, 7) is 10.00. The number of nitrogens with zero attached hydrogens (tertiary/aromatic N) is 1. The van der Waals surface area contributed by atoms with Crippen molar-refractivity contribution < 1.29 is 42.1 Å². The fourth-order valence-corrected chi connectivity index (χ4v) is 4.51. The molecular formula is C33H40ClF3N2O6. The second-order valence-electron chi connectivity index (χ2n) is 9.48. The minimum absolute atomic E-state index is 0.145. The van der Waals surface area contributed by atoms with Crippen LogP contribution >= 0.6 is 11.6 Å². The number of hydrogen-bond acceptors (Lipinski definition) is 6. The second kappa shape index (κ2) is 17.4. The number of fused-ring (bicyclic) bond motifs is 1. The van der Waals surface area contributed by atoms with Gasteiger partial charge in [0.05, 0.1) is 25.3 Å². The van der Waals surface area contributed by atoms with E-state index in [4.69, 9.17) is 26.2 Å². The number of halogens is 4. The van der Waals surface area contributed by atoms with Gasteiger partial charge in [0, 0.05) is 41.5 Å². The smallest absolute Gasteiger partial charge is 0.497 e. The van der Waals surface area contributed by atoms with E-state index in [9.17, 15) is 22.8 Å². The SMILES string of the molecule is CC.CC.COc1cc(NC(C(=O)N2CCc3ccc(OC(F)(F)F)cc32)c2ccc(Cl)cc2)cc(OCCC(C)C(=O)O)c1. The first-order valence-corrected chi connectivity index (χ1v) is 15.1. The molecule has 0 radical (unpaired) electrons. The lowest BCUT2D eigenvalue weighted by Crippen LogP contribution is -2.37. The lowest BCUT2D eigenvalue weighted by atomic mass is 10.0. The Balaban J connectivity index is 0.00000169. The molecule has 0 aliphatic carbocycles. The predicted molar refractivity (Wildman–Crippen MR) is 170 cm³/mol. The summed E-state index contributed by atoms with van der Waals surface area (Å²) in [6, 6.07) is 14.6. The molecule has 0 saturated carbocycles. The van der Waals surface area contributed by atoms with Gasteiger partial charge in [-0.25, -0.2) is 0 Å². The van der Waals surface area contributed by atoms with Gasteiger partial charge in [-0.05, 0) is 42.2 Å². The highest BCUT2D eigenvalue weighted by molar-refractivity contribution is 6.30. The molecule has 12 heteroatoms.